The standard InChI is InChI=1S/C18H26O2.C2H6/c1-3-8-18(9-4-5-15-11-19-12-15)17-10-14(2)6-7-16(17)13-20-18;1-2/h6-7,10,15H,3-5,8-9,11-13H2,1-2H3;1-2H3. The quantitative estimate of drug-likeness (QED) is 0.704. The highest BCUT2D eigenvalue weighted by Crippen LogP contribution is 2.44. The number of benzene rings is 1. The Balaban J connectivity index is 0.000000847. The first-order valence-electron chi connectivity index (χ1n) is 9.05. The highest BCUT2D eigenvalue weighted by molar-refractivity contribution is 5.38. The van der Waals surface area contributed by atoms with Crippen LogP contribution in [0.2, 0.25) is 0 Å². The fraction of sp³-hybridized carbons (Fsp3) is 0.700. The second-order valence-electron chi connectivity index (χ2n) is 6.49. The molecule has 0 radical (unpaired) electrons. The smallest absolute Gasteiger partial charge is 0.0939 e. The molecule has 0 N–H and O–H groups in total. The Kier molecular flexibility index (Phi) is 6.46. The molecule has 22 heavy (non-hydrogen) atoms. The third-order valence-corrected chi connectivity index (χ3v) is 4.81. The molecule has 1 atom stereocenters. The average Bonchev–Trinajstić information content (AvgIpc) is 2.83. The molecule has 1 fully saturated rings. The van der Waals surface area contributed by atoms with Crippen LogP contribution in [0, 0.1) is 12.8 Å². The minimum atomic E-state index is -0.0132. The molecule has 3 rings (SSSR count). The Hall–Kier alpha value is -0.860. The van der Waals surface area contributed by atoms with Crippen LogP contribution < -0.4 is 0 Å². The van der Waals surface area contributed by atoms with Crippen molar-refractivity contribution in [2.45, 2.75) is 72.0 Å². The molecule has 1 unspecified atom stereocenters. The lowest BCUT2D eigenvalue weighted by Gasteiger charge is -2.32. The molecule has 0 aromatic heterocycles. The largest absolute Gasteiger partial charge is 0.381 e. The predicted molar refractivity (Wildman–Crippen MR) is 92.1 cm³/mol. The molecule has 2 heteroatoms. The van der Waals surface area contributed by atoms with E-state index in [1.165, 1.54) is 36.0 Å². The Morgan fingerprint density at radius 2 is 1.95 bits per heavy atom. The molecule has 2 aliphatic rings. The summed E-state index contributed by atoms with van der Waals surface area (Å²) < 4.78 is 11.6. The predicted octanol–water partition coefficient (Wildman–Crippen LogP) is 5.36. The van der Waals surface area contributed by atoms with E-state index in [1.807, 2.05) is 13.8 Å². The van der Waals surface area contributed by atoms with Crippen LogP contribution >= 0.6 is 0 Å². The molecule has 1 aromatic carbocycles. The van der Waals surface area contributed by atoms with Gasteiger partial charge in [-0.1, -0.05) is 51.0 Å². The normalized spacial score (nSPS) is 23.5. The summed E-state index contributed by atoms with van der Waals surface area (Å²) in [5.74, 6) is 0.798. The van der Waals surface area contributed by atoms with Crippen molar-refractivity contribution in [2.24, 2.45) is 5.92 Å². The second-order valence-corrected chi connectivity index (χ2v) is 6.49. The summed E-state index contributed by atoms with van der Waals surface area (Å²) >= 11 is 0. The van der Waals surface area contributed by atoms with Gasteiger partial charge in [0.2, 0.25) is 0 Å². The van der Waals surface area contributed by atoms with Gasteiger partial charge < -0.3 is 9.47 Å². The molecule has 0 spiro atoms. The van der Waals surface area contributed by atoms with Crippen molar-refractivity contribution >= 4 is 0 Å². The van der Waals surface area contributed by atoms with Crippen LogP contribution in [0.3, 0.4) is 0 Å². The fourth-order valence-corrected chi connectivity index (χ4v) is 3.60. The minimum absolute atomic E-state index is 0.0132. The number of aryl methyl sites for hydroxylation is 1. The molecular formula is C20H32O2. The average molecular weight is 304 g/mol. The summed E-state index contributed by atoms with van der Waals surface area (Å²) in [5, 5.41) is 0. The lowest BCUT2D eigenvalue weighted by Crippen LogP contribution is -2.29. The molecular weight excluding hydrogens is 272 g/mol. The number of ether oxygens (including phenoxy) is 2. The number of rotatable bonds is 6. The maximum atomic E-state index is 6.31. The van der Waals surface area contributed by atoms with Gasteiger partial charge in [-0.05, 0) is 43.7 Å². The molecule has 2 heterocycles. The highest BCUT2D eigenvalue weighted by atomic mass is 16.5. The van der Waals surface area contributed by atoms with Crippen molar-refractivity contribution in [3.05, 3.63) is 34.9 Å². The SMILES string of the molecule is CC.CCCC1(CCCC2COC2)OCc2ccc(C)cc21. The van der Waals surface area contributed by atoms with E-state index in [4.69, 9.17) is 9.47 Å². The van der Waals surface area contributed by atoms with Crippen LogP contribution in [0.15, 0.2) is 18.2 Å². The fourth-order valence-electron chi connectivity index (χ4n) is 3.60. The highest BCUT2D eigenvalue weighted by Gasteiger charge is 2.39. The molecule has 2 aliphatic heterocycles. The Bertz CT molecular complexity index is 461. The van der Waals surface area contributed by atoms with E-state index in [2.05, 4.69) is 32.0 Å². The molecule has 2 nitrogen and oxygen atoms in total. The van der Waals surface area contributed by atoms with E-state index in [-0.39, 0.29) is 5.60 Å². The molecule has 0 amide bonds. The summed E-state index contributed by atoms with van der Waals surface area (Å²) in [7, 11) is 0. The van der Waals surface area contributed by atoms with Gasteiger partial charge in [0, 0.05) is 5.92 Å². The number of fused-ring (bicyclic) bond motifs is 1. The summed E-state index contributed by atoms with van der Waals surface area (Å²) in [5.41, 5.74) is 4.20. The number of hydrogen-bond acceptors (Lipinski definition) is 2. The molecule has 1 saturated heterocycles. The van der Waals surface area contributed by atoms with Gasteiger partial charge in [-0.25, -0.2) is 0 Å². The van der Waals surface area contributed by atoms with Crippen LogP contribution in [0.4, 0.5) is 0 Å². The lowest BCUT2D eigenvalue weighted by molar-refractivity contribution is -0.0630. The van der Waals surface area contributed by atoms with Crippen LogP contribution in [0.1, 0.15) is 69.6 Å². The van der Waals surface area contributed by atoms with E-state index >= 15 is 0 Å². The van der Waals surface area contributed by atoms with Crippen molar-refractivity contribution in [1.29, 1.82) is 0 Å². The maximum absolute atomic E-state index is 6.31. The van der Waals surface area contributed by atoms with Crippen LogP contribution in [-0.4, -0.2) is 13.2 Å². The first-order valence-corrected chi connectivity index (χ1v) is 9.05. The van der Waals surface area contributed by atoms with Gasteiger partial charge in [-0.15, -0.1) is 0 Å². The zero-order valence-electron chi connectivity index (χ0n) is 14.8. The Labute approximate surface area is 136 Å². The van der Waals surface area contributed by atoms with Gasteiger partial charge >= 0.3 is 0 Å². The van der Waals surface area contributed by atoms with Gasteiger partial charge in [0.25, 0.3) is 0 Å². The van der Waals surface area contributed by atoms with Crippen LogP contribution in [0.5, 0.6) is 0 Å². The monoisotopic (exact) mass is 304 g/mol. The Morgan fingerprint density at radius 3 is 2.59 bits per heavy atom. The summed E-state index contributed by atoms with van der Waals surface area (Å²) in [4.78, 5) is 0. The summed E-state index contributed by atoms with van der Waals surface area (Å²) in [6, 6.07) is 6.81. The molecule has 0 saturated carbocycles. The van der Waals surface area contributed by atoms with Crippen molar-refractivity contribution in [3.63, 3.8) is 0 Å². The second kappa shape index (κ2) is 8.12. The molecule has 1 aromatic rings. The van der Waals surface area contributed by atoms with E-state index in [9.17, 15) is 0 Å². The van der Waals surface area contributed by atoms with E-state index in [0.29, 0.717) is 0 Å². The van der Waals surface area contributed by atoms with E-state index in [0.717, 1.165) is 38.6 Å². The van der Waals surface area contributed by atoms with Gasteiger partial charge in [0.15, 0.2) is 0 Å². The molecule has 0 bridgehead atoms. The van der Waals surface area contributed by atoms with Crippen molar-refractivity contribution in [3.8, 4) is 0 Å². The van der Waals surface area contributed by atoms with Gasteiger partial charge in [-0.3, -0.25) is 0 Å². The molecule has 124 valence electrons. The van der Waals surface area contributed by atoms with E-state index < -0.39 is 0 Å². The van der Waals surface area contributed by atoms with Crippen molar-refractivity contribution in [1.82, 2.24) is 0 Å². The van der Waals surface area contributed by atoms with Crippen LogP contribution in [-0.2, 0) is 21.7 Å². The lowest BCUT2D eigenvalue weighted by atomic mass is 9.82. The third-order valence-electron chi connectivity index (χ3n) is 4.81. The summed E-state index contributed by atoms with van der Waals surface area (Å²) in [6.45, 7) is 11.2. The third kappa shape index (κ3) is 3.72. The molecule has 0 aliphatic carbocycles. The zero-order chi connectivity index (χ0) is 16.0. The summed E-state index contributed by atoms with van der Waals surface area (Å²) in [6.07, 6.45) is 6.02. The van der Waals surface area contributed by atoms with E-state index in [1.54, 1.807) is 0 Å². The zero-order valence-corrected chi connectivity index (χ0v) is 14.8. The van der Waals surface area contributed by atoms with Crippen molar-refractivity contribution in [2.75, 3.05) is 13.2 Å². The van der Waals surface area contributed by atoms with Crippen LogP contribution in [0.25, 0.3) is 0 Å². The van der Waals surface area contributed by atoms with Gasteiger partial charge in [0.1, 0.15) is 0 Å². The number of hydrogen-bond donors (Lipinski definition) is 0. The Morgan fingerprint density at radius 1 is 1.18 bits per heavy atom. The first-order chi connectivity index (χ1) is 10.7. The first kappa shape index (κ1) is 17.5. The van der Waals surface area contributed by atoms with Gasteiger partial charge in [0.05, 0.1) is 25.4 Å². The maximum Gasteiger partial charge on any atom is 0.0939 e. The minimum Gasteiger partial charge on any atom is -0.381 e. The van der Waals surface area contributed by atoms with Gasteiger partial charge in [-0.2, -0.15) is 0 Å². The van der Waals surface area contributed by atoms with Crippen molar-refractivity contribution < 1.29 is 9.47 Å². The topological polar surface area (TPSA) is 18.5 Å².